The summed E-state index contributed by atoms with van der Waals surface area (Å²) < 4.78 is 5.65. The van der Waals surface area contributed by atoms with Gasteiger partial charge >= 0.3 is 5.97 Å². The molecule has 3 aromatic rings. The molecule has 130 valence electrons. The largest absolute Gasteiger partial charge is 0.456 e. The van der Waals surface area contributed by atoms with Crippen LogP contribution in [0.5, 0.6) is 0 Å². The van der Waals surface area contributed by atoms with Gasteiger partial charge in [0.15, 0.2) is 5.78 Å². The third-order valence-electron chi connectivity index (χ3n) is 4.56. The number of carbonyl (C=O) groups is 2. The number of cyclic esters (lactones) is 1. The molecule has 0 N–H and O–H groups in total. The summed E-state index contributed by atoms with van der Waals surface area (Å²) in [5.41, 5.74) is 2.30. The summed E-state index contributed by atoms with van der Waals surface area (Å²) in [6, 6.07) is 14.5. The molecule has 0 spiro atoms. The fraction of sp³-hybridized carbons (Fsp3) is 0.238. The van der Waals surface area contributed by atoms with E-state index in [9.17, 15) is 9.59 Å². The summed E-state index contributed by atoms with van der Waals surface area (Å²) in [5.74, 6) is -0.514. The van der Waals surface area contributed by atoms with Gasteiger partial charge < -0.3 is 4.74 Å². The van der Waals surface area contributed by atoms with Crippen molar-refractivity contribution in [2.45, 2.75) is 32.3 Å². The highest BCUT2D eigenvalue weighted by atomic mass is 16.6. The minimum Gasteiger partial charge on any atom is -0.456 e. The number of fused-ring (bicyclic) bond motifs is 4. The first kappa shape index (κ1) is 16.4. The Morgan fingerprint density at radius 2 is 1.42 bits per heavy atom. The second-order valence-corrected chi connectivity index (χ2v) is 7.03. The zero-order valence-corrected chi connectivity index (χ0v) is 14.7. The van der Waals surface area contributed by atoms with E-state index >= 15 is 0 Å². The summed E-state index contributed by atoms with van der Waals surface area (Å²) in [6.45, 7) is 3.63. The number of para-hydroxylation sites is 2. The molecule has 0 saturated carbocycles. The summed E-state index contributed by atoms with van der Waals surface area (Å²) in [7, 11) is 0. The molecule has 0 aliphatic carbocycles. The molecular formula is C21H18N2O3. The number of benzene rings is 2. The van der Waals surface area contributed by atoms with Gasteiger partial charge in [0.2, 0.25) is 0 Å². The normalized spacial score (nSPS) is 16.5. The molecule has 0 radical (unpaired) electrons. The molecule has 4 rings (SSSR count). The topological polar surface area (TPSA) is 69.2 Å². The van der Waals surface area contributed by atoms with Gasteiger partial charge in [-0.05, 0) is 38.5 Å². The smallest absolute Gasteiger partial charge is 0.339 e. The van der Waals surface area contributed by atoms with Crippen molar-refractivity contribution in [3.63, 3.8) is 0 Å². The highest BCUT2D eigenvalue weighted by Gasteiger charge is 2.30. The molecule has 0 bridgehead atoms. The lowest BCUT2D eigenvalue weighted by Crippen LogP contribution is -2.30. The Labute approximate surface area is 151 Å². The second-order valence-electron chi connectivity index (χ2n) is 7.03. The number of esters is 1. The van der Waals surface area contributed by atoms with Gasteiger partial charge in [-0.3, -0.25) is 4.79 Å². The minimum absolute atomic E-state index is 0.0981. The number of hydrogen-bond donors (Lipinski definition) is 0. The van der Waals surface area contributed by atoms with Crippen molar-refractivity contribution in [3.05, 3.63) is 59.8 Å². The van der Waals surface area contributed by atoms with Crippen LogP contribution in [0.1, 0.15) is 47.5 Å². The molecule has 0 atom stereocenters. The van der Waals surface area contributed by atoms with E-state index in [4.69, 9.17) is 4.74 Å². The van der Waals surface area contributed by atoms with E-state index in [-0.39, 0.29) is 12.2 Å². The Bertz CT molecular complexity index is 1040. The number of nitrogens with zero attached hydrogens (tertiary/aromatic N) is 2. The van der Waals surface area contributed by atoms with Crippen LogP contribution in [0, 0.1) is 0 Å². The highest BCUT2D eigenvalue weighted by molar-refractivity contribution is 6.05. The van der Waals surface area contributed by atoms with Crippen LogP contribution in [-0.2, 0) is 4.74 Å². The van der Waals surface area contributed by atoms with Gasteiger partial charge in [-0.1, -0.05) is 30.3 Å². The molecule has 2 heterocycles. The van der Waals surface area contributed by atoms with E-state index in [1.54, 1.807) is 18.2 Å². The molecule has 26 heavy (non-hydrogen) atoms. The van der Waals surface area contributed by atoms with Crippen LogP contribution in [0.2, 0.25) is 0 Å². The lowest BCUT2D eigenvalue weighted by Gasteiger charge is -2.26. The van der Waals surface area contributed by atoms with Gasteiger partial charge in [0.25, 0.3) is 0 Å². The van der Waals surface area contributed by atoms with E-state index in [0.717, 1.165) is 0 Å². The highest BCUT2D eigenvalue weighted by Crippen LogP contribution is 2.31. The average molecular weight is 346 g/mol. The molecule has 1 aromatic heterocycles. The molecule has 0 fully saturated rings. The Hall–Kier alpha value is -3.08. The van der Waals surface area contributed by atoms with Crippen molar-refractivity contribution in [3.8, 4) is 11.3 Å². The Morgan fingerprint density at radius 1 is 0.846 bits per heavy atom. The maximum Gasteiger partial charge on any atom is 0.339 e. The number of hydrogen-bond acceptors (Lipinski definition) is 5. The lowest BCUT2D eigenvalue weighted by atomic mass is 9.94. The standard InChI is InChI=1S/C21H18N2O3/c1-21(2)12-11-17(24)19-18(22-15-9-5-6-10-16(15)23-19)13-7-3-4-8-14(13)20(25)26-21/h3-10H,11-12H2,1-2H3. The van der Waals surface area contributed by atoms with E-state index < -0.39 is 11.6 Å². The lowest BCUT2D eigenvalue weighted by molar-refractivity contribution is -0.00502. The first-order valence-corrected chi connectivity index (χ1v) is 8.57. The molecule has 0 saturated heterocycles. The van der Waals surface area contributed by atoms with Gasteiger partial charge in [-0.2, -0.15) is 0 Å². The monoisotopic (exact) mass is 346 g/mol. The average Bonchev–Trinajstić information content (AvgIpc) is 2.64. The fourth-order valence-electron chi connectivity index (χ4n) is 3.14. The summed E-state index contributed by atoms with van der Waals surface area (Å²) in [5, 5.41) is 0. The van der Waals surface area contributed by atoms with Crippen molar-refractivity contribution >= 4 is 22.8 Å². The van der Waals surface area contributed by atoms with E-state index in [1.807, 2.05) is 44.2 Å². The number of aromatic nitrogens is 2. The number of ether oxygens (including phenoxy) is 1. The third-order valence-corrected chi connectivity index (χ3v) is 4.56. The summed E-state index contributed by atoms with van der Waals surface area (Å²) in [6.07, 6.45) is 0.663. The van der Waals surface area contributed by atoms with Crippen LogP contribution in [0.4, 0.5) is 0 Å². The van der Waals surface area contributed by atoms with Crippen molar-refractivity contribution in [2.75, 3.05) is 0 Å². The van der Waals surface area contributed by atoms with E-state index in [0.29, 0.717) is 40.0 Å². The van der Waals surface area contributed by atoms with Gasteiger partial charge in [-0.25, -0.2) is 14.8 Å². The zero-order chi connectivity index (χ0) is 18.3. The van der Waals surface area contributed by atoms with Crippen LogP contribution in [-0.4, -0.2) is 27.3 Å². The predicted octanol–water partition coefficient (Wildman–Crippen LogP) is 4.21. The fourth-order valence-corrected chi connectivity index (χ4v) is 3.14. The molecule has 0 amide bonds. The van der Waals surface area contributed by atoms with Crippen LogP contribution >= 0.6 is 0 Å². The molecule has 2 aromatic carbocycles. The molecule has 5 nitrogen and oxygen atoms in total. The SMILES string of the molecule is CC1(C)CCC(=O)c2nc3ccccc3nc2-c2ccccc2C(=O)O1. The minimum atomic E-state index is -0.734. The quantitative estimate of drug-likeness (QED) is 0.570. The Morgan fingerprint density at radius 3 is 2.12 bits per heavy atom. The first-order valence-electron chi connectivity index (χ1n) is 8.57. The van der Waals surface area contributed by atoms with E-state index in [1.165, 1.54) is 0 Å². The van der Waals surface area contributed by atoms with Gasteiger partial charge in [-0.15, -0.1) is 0 Å². The van der Waals surface area contributed by atoms with Crippen molar-refractivity contribution in [1.29, 1.82) is 0 Å². The van der Waals surface area contributed by atoms with Crippen LogP contribution in [0.3, 0.4) is 0 Å². The molecule has 0 unspecified atom stereocenters. The molecule has 5 heteroatoms. The van der Waals surface area contributed by atoms with Gasteiger partial charge in [0.1, 0.15) is 17.0 Å². The maximum atomic E-state index is 12.9. The van der Waals surface area contributed by atoms with Gasteiger partial charge in [0.05, 0.1) is 16.6 Å². The van der Waals surface area contributed by atoms with Crippen LogP contribution < -0.4 is 0 Å². The number of ketones is 1. The number of Topliss-reactive ketones (excluding diaryl/α,β-unsaturated/α-hetero) is 1. The van der Waals surface area contributed by atoms with E-state index in [2.05, 4.69) is 9.97 Å². The zero-order valence-electron chi connectivity index (χ0n) is 14.7. The first-order chi connectivity index (χ1) is 12.4. The molecule has 1 aliphatic heterocycles. The summed E-state index contributed by atoms with van der Waals surface area (Å²) >= 11 is 0. The van der Waals surface area contributed by atoms with Gasteiger partial charge in [0, 0.05) is 12.0 Å². The third kappa shape index (κ3) is 2.86. The molecular weight excluding hydrogens is 328 g/mol. The van der Waals surface area contributed by atoms with Crippen molar-refractivity contribution in [1.82, 2.24) is 9.97 Å². The van der Waals surface area contributed by atoms with Crippen LogP contribution in [0.25, 0.3) is 22.3 Å². The Balaban J connectivity index is 2.03. The number of carbonyl (C=O) groups excluding carboxylic acids is 2. The number of rotatable bonds is 0. The maximum absolute atomic E-state index is 12.9. The molecule has 1 aliphatic rings. The summed E-state index contributed by atoms with van der Waals surface area (Å²) in [4.78, 5) is 34.9. The van der Waals surface area contributed by atoms with Crippen molar-refractivity contribution in [2.24, 2.45) is 0 Å². The predicted molar refractivity (Wildman–Crippen MR) is 98.0 cm³/mol. The Kier molecular flexibility index (Phi) is 3.80. The van der Waals surface area contributed by atoms with Crippen LogP contribution in [0.15, 0.2) is 48.5 Å². The van der Waals surface area contributed by atoms with Crippen molar-refractivity contribution < 1.29 is 14.3 Å². The second kappa shape index (κ2) is 6.02.